The van der Waals surface area contributed by atoms with Gasteiger partial charge in [-0.1, -0.05) is 76.1 Å². The summed E-state index contributed by atoms with van der Waals surface area (Å²) in [5.41, 5.74) is 3.16. The maximum atomic E-state index is 6.03. The second-order valence-electron chi connectivity index (χ2n) is 8.89. The van der Waals surface area contributed by atoms with Gasteiger partial charge in [0.25, 0.3) is 0 Å². The molecule has 2 heteroatoms. The third-order valence-corrected chi connectivity index (χ3v) is 6.33. The summed E-state index contributed by atoms with van der Waals surface area (Å²) in [6, 6.07) is 19.8. The number of nitrogens with zero attached hydrogens (tertiary/aromatic N) is 1. The average molecular weight is 380 g/mol. The molecule has 1 heterocycles. The van der Waals surface area contributed by atoms with Crippen molar-refractivity contribution in [1.29, 1.82) is 0 Å². The third-order valence-electron chi connectivity index (χ3n) is 6.33. The van der Waals surface area contributed by atoms with Crippen molar-refractivity contribution in [2.75, 3.05) is 26.2 Å². The molecule has 0 bridgehead atoms. The van der Waals surface area contributed by atoms with Crippen molar-refractivity contribution < 1.29 is 4.74 Å². The minimum Gasteiger partial charge on any atom is -0.492 e. The summed E-state index contributed by atoms with van der Waals surface area (Å²) in [5, 5.41) is 0. The normalized spacial score (nSPS) is 16.2. The molecule has 0 atom stereocenters. The summed E-state index contributed by atoms with van der Waals surface area (Å²) >= 11 is 0. The van der Waals surface area contributed by atoms with Crippen molar-refractivity contribution in [1.82, 2.24) is 4.90 Å². The number of unbranched alkanes of at least 4 members (excludes halogenated alkanes) is 1. The summed E-state index contributed by atoms with van der Waals surface area (Å²) in [6.07, 6.45) is 6.29. The van der Waals surface area contributed by atoms with Gasteiger partial charge in [0.1, 0.15) is 12.4 Å². The van der Waals surface area contributed by atoms with Crippen molar-refractivity contribution >= 4 is 0 Å². The quantitative estimate of drug-likeness (QED) is 0.499. The van der Waals surface area contributed by atoms with Crippen molar-refractivity contribution in [3.05, 3.63) is 65.7 Å². The molecule has 0 aromatic heterocycles. The third kappa shape index (κ3) is 5.85. The molecule has 152 valence electrons. The van der Waals surface area contributed by atoms with Crippen LogP contribution in [0.15, 0.2) is 54.6 Å². The molecule has 0 unspecified atom stereocenters. The smallest absolute Gasteiger partial charge is 0.119 e. The number of rotatable bonds is 9. The first-order valence-corrected chi connectivity index (χ1v) is 11.1. The van der Waals surface area contributed by atoms with Gasteiger partial charge in [-0.25, -0.2) is 0 Å². The Kier molecular flexibility index (Phi) is 7.56. The molecule has 28 heavy (non-hydrogen) atoms. The first-order valence-electron chi connectivity index (χ1n) is 11.1. The van der Waals surface area contributed by atoms with E-state index in [1.807, 2.05) is 0 Å². The van der Waals surface area contributed by atoms with Crippen LogP contribution < -0.4 is 4.74 Å². The summed E-state index contributed by atoms with van der Waals surface area (Å²) in [5.74, 6) is 1.72. The Morgan fingerprint density at radius 1 is 0.964 bits per heavy atom. The molecule has 0 spiro atoms. The number of ether oxygens (including phenoxy) is 1. The van der Waals surface area contributed by atoms with E-state index in [1.54, 1.807) is 0 Å². The van der Waals surface area contributed by atoms with Crippen LogP contribution in [0.5, 0.6) is 5.75 Å². The first kappa shape index (κ1) is 20.9. The monoisotopic (exact) mass is 379 g/mol. The minimum atomic E-state index is 0.248. The number of piperidine rings is 1. The van der Waals surface area contributed by atoms with Crippen LogP contribution in [-0.4, -0.2) is 31.1 Å². The van der Waals surface area contributed by atoms with Gasteiger partial charge >= 0.3 is 0 Å². The van der Waals surface area contributed by atoms with Gasteiger partial charge in [0.2, 0.25) is 0 Å². The number of likely N-dealkylation sites (tertiary alicyclic amines) is 1. The van der Waals surface area contributed by atoms with E-state index in [1.165, 1.54) is 56.3 Å². The SMILES string of the molecule is CCCCC(C)(C)c1ccc(OCCN2CCC(c3ccccc3)CC2)cc1. The number of hydrogen-bond donors (Lipinski definition) is 0. The lowest BCUT2D eigenvalue weighted by Crippen LogP contribution is -2.35. The van der Waals surface area contributed by atoms with Crippen LogP contribution in [0.25, 0.3) is 0 Å². The fourth-order valence-corrected chi connectivity index (χ4v) is 4.27. The van der Waals surface area contributed by atoms with Crippen LogP contribution in [0.3, 0.4) is 0 Å². The fraction of sp³-hybridized carbons (Fsp3) is 0.538. The van der Waals surface area contributed by atoms with Crippen LogP contribution >= 0.6 is 0 Å². The zero-order valence-corrected chi connectivity index (χ0v) is 18.0. The molecule has 1 aliphatic rings. The van der Waals surface area contributed by atoms with Crippen LogP contribution in [0.2, 0.25) is 0 Å². The Morgan fingerprint density at radius 2 is 1.64 bits per heavy atom. The molecule has 0 amide bonds. The summed E-state index contributed by atoms with van der Waals surface area (Å²) < 4.78 is 6.03. The summed E-state index contributed by atoms with van der Waals surface area (Å²) in [6.45, 7) is 11.1. The standard InChI is InChI=1S/C26H37NO/c1-4-5-17-26(2,3)24-11-13-25(14-12-24)28-21-20-27-18-15-23(16-19-27)22-9-7-6-8-10-22/h6-14,23H,4-5,15-21H2,1-3H3. The highest BCUT2D eigenvalue weighted by atomic mass is 16.5. The van der Waals surface area contributed by atoms with Gasteiger partial charge in [-0.3, -0.25) is 4.90 Å². The lowest BCUT2D eigenvalue weighted by molar-refractivity contribution is 0.173. The van der Waals surface area contributed by atoms with Gasteiger partial charge < -0.3 is 4.74 Å². The first-order chi connectivity index (χ1) is 13.6. The Bertz CT molecular complexity index is 684. The molecule has 0 radical (unpaired) electrons. The molecule has 1 aliphatic heterocycles. The summed E-state index contributed by atoms with van der Waals surface area (Å²) in [4.78, 5) is 2.54. The lowest BCUT2D eigenvalue weighted by atomic mass is 9.80. The predicted molar refractivity (Wildman–Crippen MR) is 119 cm³/mol. The fourth-order valence-electron chi connectivity index (χ4n) is 4.27. The highest BCUT2D eigenvalue weighted by molar-refractivity contribution is 5.31. The Morgan fingerprint density at radius 3 is 2.29 bits per heavy atom. The number of hydrogen-bond acceptors (Lipinski definition) is 2. The lowest BCUT2D eigenvalue weighted by Gasteiger charge is -2.32. The van der Waals surface area contributed by atoms with E-state index < -0.39 is 0 Å². The highest BCUT2D eigenvalue weighted by Gasteiger charge is 2.21. The Hall–Kier alpha value is -1.80. The van der Waals surface area contributed by atoms with Crippen molar-refractivity contribution in [2.24, 2.45) is 0 Å². The van der Waals surface area contributed by atoms with E-state index in [0.29, 0.717) is 0 Å². The zero-order chi connectivity index (χ0) is 19.8. The van der Waals surface area contributed by atoms with Crippen LogP contribution in [0.4, 0.5) is 0 Å². The van der Waals surface area contributed by atoms with Gasteiger partial charge in [-0.2, -0.15) is 0 Å². The van der Waals surface area contributed by atoms with Crippen molar-refractivity contribution in [2.45, 2.75) is 64.2 Å². The molecule has 1 fully saturated rings. The molecule has 1 saturated heterocycles. The van der Waals surface area contributed by atoms with Crippen molar-refractivity contribution in [3.8, 4) is 5.75 Å². The second-order valence-corrected chi connectivity index (χ2v) is 8.89. The van der Waals surface area contributed by atoms with E-state index in [2.05, 4.69) is 80.3 Å². The maximum absolute atomic E-state index is 6.03. The van der Waals surface area contributed by atoms with Gasteiger partial charge in [-0.15, -0.1) is 0 Å². The summed E-state index contributed by atoms with van der Waals surface area (Å²) in [7, 11) is 0. The molecule has 3 rings (SSSR count). The molecular formula is C26H37NO. The van der Waals surface area contributed by atoms with Gasteiger partial charge in [-0.05, 0) is 66.9 Å². The topological polar surface area (TPSA) is 12.5 Å². The molecule has 0 saturated carbocycles. The zero-order valence-electron chi connectivity index (χ0n) is 18.0. The van der Waals surface area contributed by atoms with E-state index in [9.17, 15) is 0 Å². The molecule has 2 nitrogen and oxygen atoms in total. The van der Waals surface area contributed by atoms with Crippen LogP contribution in [0.1, 0.15) is 69.9 Å². The molecule has 2 aromatic carbocycles. The van der Waals surface area contributed by atoms with E-state index in [0.717, 1.165) is 24.8 Å². The number of benzene rings is 2. The van der Waals surface area contributed by atoms with Crippen LogP contribution in [0, 0.1) is 0 Å². The maximum Gasteiger partial charge on any atom is 0.119 e. The Balaban J connectivity index is 1.40. The van der Waals surface area contributed by atoms with Crippen LogP contribution in [-0.2, 0) is 5.41 Å². The van der Waals surface area contributed by atoms with Gasteiger partial charge in [0.05, 0.1) is 0 Å². The minimum absolute atomic E-state index is 0.248. The van der Waals surface area contributed by atoms with E-state index in [4.69, 9.17) is 4.74 Å². The molecule has 2 aromatic rings. The molecule has 0 N–H and O–H groups in total. The highest BCUT2D eigenvalue weighted by Crippen LogP contribution is 2.30. The molecule has 0 aliphatic carbocycles. The largest absolute Gasteiger partial charge is 0.492 e. The van der Waals surface area contributed by atoms with E-state index in [-0.39, 0.29) is 5.41 Å². The van der Waals surface area contributed by atoms with E-state index >= 15 is 0 Å². The van der Waals surface area contributed by atoms with Crippen molar-refractivity contribution in [3.63, 3.8) is 0 Å². The predicted octanol–water partition coefficient (Wildman–Crippen LogP) is 6.41. The second kappa shape index (κ2) is 10.1. The van der Waals surface area contributed by atoms with Gasteiger partial charge in [0, 0.05) is 6.54 Å². The molecular weight excluding hydrogens is 342 g/mol. The average Bonchev–Trinajstić information content (AvgIpc) is 2.74. The Labute approximate surface area is 171 Å². The van der Waals surface area contributed by atoms with Gasteiger partial charge in [0.15, 0.2) is 0 Å².